The zero-order chi connectivity index (χ0) is 14.3. The fourth-order valence-corrected chi connectivity index (χ4v) is 1.53. The second kappa shape index (κ2) is 7.45. The Bertz CT molecular complexity index is 446. The molecule has 104 valence electrons. The molecular formula is C13H14F2O4. The minimum atomic E-state index is -3.02. The summed E-state index contributed by atoms with van der Waals surface area (Å²) in [6.07, 6.45) is 1.45. The number of hydrogen-bond donors (Lipinski definition) is 0. The van der Waals surface area contributed by atoms with Crippen molar-refractivity contribution in [1.82, 2.24) is 0 Å². The van der Waals surface area contributed by atoms with E-state index in [1.807, 2.05) is 0 Å². The van der Waals surface area contributed by atoms with Crippen LogP contribution in [0.5, 0.6) is 5.75 Å². The number of carbonyl (C=O) groups excluding carboxylic acids is 2. The van der Waals surface area contributed by atoms with E-state index in [-0.39, 0.29) is 24.3 Å². The van der Waals surface area contributed by atoms with Gasteiger partial charge in [0.1, 0.15) is 17.6 Å². The Labute approximate surface area is 109 Å². The first kappa shape index (κ1) is 15.1. The molecule has 0 N–H and O–H groups in total. The molecular weight excluding hydrogens is 258 g/mol. The second-order valence-electron chi connectivity index (χ2n) is 3.63. The molecule has 19 heavy (non-hydrogen) atoms. The van der Waals surface area contributed by atoms with Gasteiger partial charge >= 0.3 is 12.6 Å². The van der Waals surface area contributed by atoms with Crippen molar-refractivity contribution in [3.05, 3.63) is 29.3 Å². The van der Waals surface area contributed by atoms with Crippen LogP contribution in [0.1, 0.15) is 29.3 Å². The van der Waals surface area contributed by atoms with Gasteiger partial charge in [-0.3, -0.25) is 0 Å². The molecule has 0 aromatic heterocycles. The van der Waals surface area contributed by atoms with Crippen molar-refractivity contribution in [1.29, 1.82) is 0 Å². The summed E-state index contributed by atoms with van der Waals surface area (Å²) < 4.78 is 33.5. The molecule has 0 aliphatic rings. The van der Waals surface area contributed by atoms with E-state index in [0.29, 0.717) is 12.0 Å². The van der Waals surface area contributed by atoms with Gasteiger partial charge in [0.05, 0.1) is 6.61 Å². The predicted octanol–water partition coefficient (Wildman–Crippen LogP) is 2.60. The molecule has 0 radical (unpaired) electrons. The van der Waals surface area contributed by atoms with Crippen LogP contribution < -0.4 is 4.74 Å². The van der Waals surface area contributed by atoms with Crippen LogP contribution in [0.2, 0.25) is 0 Å². The van der Waals surface area contributed by atoms with Gasteiger partial charge < -0.3 is 14.3 Å². The lowest BCUT2D eigenvalue weighted by molar-refractivity contribution is -0.107. The minimum absolute atomic E-state index is 0.0643. The number of benzene rings is 1. The van der Waals surface area contributed by atoms with Gasteiger partial charge in [0.2, 0.25) is 0 Å². The van der Waals surface area contributed by atoms with Crippen LogP contribution in [0.4, 0.5) is 8.78 Å². The molecule has 0 saturated heterocycles. The summed E-state index contributed by atoms with van der Waals surface area (Å²) in [5, 5.41) is 0. The maximum absolute atomic E-state index is 12.2. The molecule has 0 aliphatic heterocycles. The molecule has 1 aromatic carbocycles. The van der Waals surface area contributed by atoms with Gasteiger partial charge in [0, 0.05) is 6.42 Å². The first-order valence-corrected chi connectivity index (χ1v) is 5.77. The minimum Gasteiger partial charge on any atom is -0.462 e. The van der Waals surface area contributed by atoms with Crippen molar-refractivity contribution >= 4 is 12.3 Å². The van der Waals surface area contributed by atoms with Crippen molar-refractivity contribution in [2.75, 3.05) is 6.61 Å². The van der Waals surface area contributed by atoms with Crippen LogP contribution in [0, 0.1) is 0 Å². The number of hydrogen-bond acceptors (Lipinski definition) is 4. The van der Waals surface area contributed by atoms with Crippen molar-refractivity contribution in [2.45, 2.75) is 26.4 Å². The first-order valence-electron chi connectivity index (χ1n) is 5.77. The van der Waals surface area contributed by atoms with E-state index in [9.17, 15) is 18.4 Å². The molecule has 0 unspecified atom stereocenters. The second-order valence-corrected chi connectivity index (χ2v) is 3.63. The van der Waals surface area contributed by atoms with Crippen LogP contribution in [-0.2, 0) is 16.0 Å². The maximum Gasteiger partial charge on any atom is 0.387 e. The zero-order valence-corrected chi connectivity index (χ0v) is 10.4. The number of carbonyl (C=O) groups is 2. The summed E-state index contributed by atoms with van der Waals surface area (Å²) in [6, 6.07) is 4.21. The molecule has 6 heteroatoms. The standard InChI is InChI=1S/C13H14F2O4/c1-2-18-12(17)10-8-9(4-3-7-16)5-6-11(10)19-13(14)15/h5-8,13H,2-4H2,1H3. The van der Waals surface area contributed by atoms with Gasteiger partial charge in [0.25, 0.3) is 0 Å². The maximum atomic E-state index is 12.2. The lowest BCUT2D eigenvalue weighted by Gasteiger charge is -2.11. The van der Waals surface area contributed by atoms with Crippen LogP contribution in [0.15, 0.2) is 18.2 Å². The number of ether oxygens (including phenoxy) is 2. The van der Waals surface area contributed by atoms with Crippen LogP contribution in [-0.4, -0.2) is 25.5 Å². The van der Waals surface area contributed by atoms with E-state index in [0.717, 1.165) is 6.29 Å². The number of aryl methyl sites for hydroxylation is 1. The monoisotopic (exact) mass is 272 g/mol. The molecule has 0 spiro atoms. The van der Waals surface area contributed by atoms with Crippen molar-refractivity contribution < 1.29 is 27.8 Å². The Balaban J connectivity index is 3.02. The first-order chi connectivity index (χ1) is 9.08. The highest BCUT2D eigenvalue weighted by atomic mass is 19.3. The molecule has 0 bridgehead atoms. The summed E-state index contributed by atoms with van der Waals surface area (Å²) in [6.45, 7) is -1.28. The van der Waals surface area contributed by atoms with Gasteiger partial charge in [-0.2, -0.15) is 8.78 Å². The van der Waals surface area contributed by atoms with Gasteiger partial charge in [0.15, 0.2) is 0 Å². The van der Waals surface area contributed by atoms with E-state index in [1.54, 1.807) is 6.92 Å². The highest BCUT2D eigenvalue weighted by molar-refractivity contribution is 5.92. The van der Waals surface area contributed by atoms with Crippen LogP contribution in [0.25, 0.3) is 0 Å². The molecule has 0 amide bonds. The highest BCUT2D eigenvalue weighted by Gasteiger charge is 2.17. The lowest BCUT2D eigenvalue weighted by Crippen LogP contribution is -2.11. The average Bonchev–Trinajstić information content (AvgIpc) is 2.37. The lowest BCUT2D eigenvalue weighted by atomic mass is 10.1. The van der Waals surface area contributed by atoms with Crippen molar-refractivity contribution in [3.63, 3.8) is 0 Å². The van der Waals surface area contributed by atoms with E-state index in [1.165, 1.54) is 18.2 Å². The number of rotatable bonds is 7. The van der Waals surface area contributed by atoms with E-state index < -0.39 is 12.6 Å². The summed E-state index contributed by atoms with van der Waals surface area (Å²) >= 11 is 0. The number of halogens is 2. The molecule has 0 aliphatic carbocycles. The number of esters is 1. The number of alkyl halides is 2. The largest absolute Gasteiger partial charge is 0.462 e. The number of aldehydes is 1. The Morgan fingerprint density at radius 2 is 2.16 bits per heavy atom. The summed E-state index contributed by atoms with van der Waals surface area (Å²) in [5.74, 6) is -0.964. The topological polar surface area (TPSA) is 52.6 Å². The molecule has 0 fully saturated rings. The summed E-state index contributed by atoms with van der Waals surface area (Å²) in [7, 11) is 0. The normalized spacial score (nSPS) is 10.3. The van der Waals surface area contributed by atoms with E-state index >= 15 is 0 Å². The summed E-state index contributed by atoms with van der Waals surface area (Å²) in [4.78, 5) is 22.0. The third kappa shape index (κ3) is 4.65. The molecule has 0 atom stereocenters. The van der Waals surface area contributed by atoms with Gasteiger partial charge in [-0.1, -0.05) is 6.07 Å². The third-order valence-corrected chi connectivity index (χ3v) is 2.31. The molecule has 0 saturated carbocycles. The zero-order valence-electron chi connectivity index (χ0n) is 10.4. The van der Waals surface area contributed by atoms with E-state index in [4.69, 9.17) is 4.74 Å². The fourth-order valence-electron chi connectivity index (χ4n) is 1.53. The van der Waals surface area contributed by atoms with Crippen molar-refractivity contribution in [2.24, 2.45) is 0 Å². The molecule has 1 aromatic rings. The Morgan fingerprint density at radius 1 is 1.42 bits per heavy atom. The fraction of sp³-hybridized carbons (Fsp3) is 0.385. The smallest absolute Gasteiger partial charge is 0.387 e. The Morgan fingerprint density at radius 3 is 2.74 bits per heavy atom. The highest BCUT2D eigenvalue weighted by Crippen LogP contribution is 2.23. The SMILES string of the molecule is CCOC(=O)c1cc(CCC=O)ccc1OC(F)F. The van der Waals surface area contributed by atoms with E-state index in [2.05, 4.69) is 4.74 Å². The van der Waals surface area contributed by atoms with Crippen LogP contribution in [0.3, 0.4) is 0 Å². The van der Waals surface area contributed by atoms with Crippen molar-refractivity contribution in [3.8, 4) is 5.75 Å². The molecule has 1 rings (SSSR count). The summed E-state index contributed by atoms with van der Waals surface area (Å²) in [5.41, 5.74) is 0.613. The van der Waals surface area contributed by atoms with Gasteiger partial charge in [-0.15, -0.1) is 0 Å². The molecule has 4 nitrogen and oxygen atoms in total. The predicted molar refractivity (Wildman–Crippen MR) is 63.4 cm³/mol. The molecule has 0 heterocycles. The quantitative estimate of drug-likeness (QED) is 0.565. The Hall–Kier alpha value is -1.98. The van der Waals surface area contributed by atoms with Crippen LogP contribution >= 0.6 is 0 Å². The average molecular weight is 272 g/mol. The van der Waals surface area contributed by atoms with Gasteiger partial charge in [-0.25, -0.2) is 4.79 Å². The third-order valence-electron chi connectivity index (χ3n) is 2.31. The Kier molecular flexibility index (Phi) is 5.92. The van der Waals surface area contributed by atoms with Gasteiger partial charge in [-0.05, 0) is 31.0 Å².